The van der Waals surface area contributed by atoms with E-state index in [1.54, 1.807) is 41.3 Å². The molecule has 5 rings (SSSR count). The minimum absolute atomic E-state index is 0.281. The van der Waals surface area contributed by atoms with E-state index in [1.165, 1.54) is 4.90 Å². The Morgan fingerprint density at radius 3 is 2.37 bits per heavy atom. The Hall–Kier alpha value is -2.70. The molecular formula is C21H14N2O2S2. The Morgan fingerprint density at radius 1 is 1.00 bits per heavy atom. The average molecular weight is 390 g/mol. The predicted molar refractivity (Wildman–Crippen MR) is 111 cm³/mol. The normalized spacial score (nSPS) is 13.7. The number of nitrogens with zero attached hydrogens (tertiary/aromatic N) is 2. The topological polar surface area (TPSA) is 50.3 Å². The van der Waals surface area contributed by atoms with Crippen molar-refractivity contribution < 1.29 is 9.59 Å². The molecule has 0 fully saturated rings. The molecule has 2 amide bonds. The second-order valence-corrected chi connectivity index (χ2v) is 8.76. The molecule has 3 aromatic carbocycles. The fraction of sp³-hybridized carbons (Fsp3) is 0.0952. The van der Waals surface area contributed by atoms with Gasteiger partial charge in [0.05, 0.1) is 15.9 Å². The van der Waals surface area contributed by atoms with Crippen molar-refractivity contribution in [1.82, 2.24) is 4.98 Å². The molecule has 2 heterocycles. The zero-order valence-electron chi connectivity index (χ0n) is 14.4. The first-order valence-corrected chi connectivity index (χ1v) is 10.4. The van der Waals surface area contributed by atoms with Gasteiger partial charge in [0.2, 0.25) is 0 Å². The number of amides is 2. The molecule has 27 heavy (non-hydrogen) atoms. The summed E-state index contributed by atoms with van der Waals surface area (Å²) in [5.74, 6) is 0.393. The van der Waals surface area contributed by atoms with Crippen molar-refractivity contribution in [3.05, 3.63) is 65.7 Å². The van der Waals surface area contributed by atoms with Gasteiger partial charge in [-0.1, -0.05) is 43.0 Å². The quantitative estimate of drug-likeness (QED) is 0.349. The number of thiazole rings is 1. The first-order chi connectivity index (χ1) is 13.2. The number of fused-ring (bicyclic) bond motifs is 1. The predicted octanol–water partition coefficient (Wildman–Crippen LogP) is 5.36. The molecule has 1 aliphatic rings. The van der Waals surface area contributed by atoms with Gasteiger partial charge in [0.25, 0.3) is 11.8 Å². The smallest absolute Gasteiger partial charge is 0.265 e. The largest absolute Gasteiger partial charge is 0.268 e. The third-order valence-corrected chi connectivity index (χ3v) is 6.69. The van der Waals surface area contributed by atoms with E-state index < -0.39 is 0 Å². The van der Waals surface area contributed by atoms with Gasteiger partial charge < -0.3 is 0 Å². The summed E-state index contributed by atoms with van der Waals surface area (Å²) in [5, 5.41) is 1.65. The summed E-state index contributed by atoms with van der Waals surface area (Å²) in [4.78, 5) is 32.2. The van der Waals surface area contributed by atoms with Crippen LogP contribution in [-0.2, 0) is 0 Å². The Morgan fingerprint density at radius 2 is 1.70 bits per heavy atom. The number of benzene rings is 3. The number of carbonyl (C=O) groups is 2. The maximum Gasteiger partial charge on any atom is 0.265 e. The second-order valence-electron chi connectivity index (χ2n) is 6.22. The number of imide groups is 1. The van der Waals surface area contributed by atoms with Crippen LogP contribution in [0.3, 0.4) is 0 Å². The second kappa shape index (κ2) is 6.18. The van der Waals surface area contributed by atoms with Crippen LogP contribution in [0.5, 0.6) is 0 Å². The number of rotatable bonds is 3. The Balaban J connectivity index is 1.66. The maximum atomic E-state index is 13.1. The van der Waals surface area contributed by atoms with Gasteiger partial charge in [-0.3, -0.25) is 9.59 Å². The standard InChI is InChI=1S/C21H14N2O2S2/c1-2-26-21-22-16-10-9-13(11-17(16)27-21)23-19(24)14-7-3-5-12-6-4-8-15(18(12)14)20(23)25/h3-11H,2H2,1H3. The Kier molecular flexibility index (Phi) is 3.77. The van der Waals surface area contributed by atoms with Crippen LogP contribution in [0.25, 0.3) is 21.0 Å². The van der Waals surface area contributed by atoms with Crippen LogP contribution in [0.15, 0.2) is 58.9 Å². The van der Waals surface area contributed by atoms with Crippen molar-refractivity contribution in [2.75, 3.05) is 10.7 Å². The molecule has 4 nitrogen and oxygen atoms in total. The summed E-state index contributed by atoms with van der Waals surface area (Å²) in [6.07, 6.45) is 0. The molecule has 1 aliphatic heterocycles. The van der Waals surface area contributed by atoms with Gasteiger partial charge in [0.1, 0.15) is 0 Å². The van der Waals surface area contributed by atoms with E-state index in [9.17, 15) is 9.59 Å². The Labute approximate surface area is 163 Å². The van der Waals surface area contributed by atoms with Crippen LogP contribution >= 0.6 is 23.1 Å². The van der Waals surface area contributed by atoms with Crippen molar-refractivity contribution in [2.24, 2.45) is 0 Å². The molecule has 6 heteroatoms. The molecule has 0 saturated carbocycles. The van der Waals surface area contributed by atoms with Crippen LogP contribution in [0.1, 0.15) is 27.6 Å². The summed E-state index contributed by atoms with van der Waals surface area (Å²) < 4.78 is 1.97. The van der Waals surface area contributed by atoms with Gasteiger partial charge in [-0.25, -0.2) is 9.88 Å². The van der Waals surface area contributed by atoms with E-state index in [2.05, 4.69) is 11.9 Å². The maximum absolute atomic E-state index is 13.1. The lowest BCUT2D eigenvalue weighted by Gasteiger charge is -2.27. The number of thioether (sulfide) groups is 1. The number of hydrogen-bond acceptors (Lipinski definition) is 5. The van der Waals surface area contributed by atoms with E-state index in [0.29, 0.717) is 16.8 Å². The molecule has 4 aromatic rings. The summed E-state index contributed by atoms with van der Waals surface area (Å²) in [5.41, 5.74) is 2.60. The highest BCUT2D eigenvalue weighted by molar-refractivity contribution is 8.01. The highest BCUT2D eigenvalue weighted by Gasteiger charge is 2.33. The number of aromatic nitrogens is 1. The highest BCUT2D eigenvalue weighted by Crippen LogP contribution is 2.36. The van der Waals surface area contributed by atoms with Gasteiger partial charge in [-0.15, -0.1) is 11.3 Å². The number of hydrogen-bond donors (Lipinski definition) is 0. The Bertz CT molecular complexity index is 1190. The van der Waals surface area contributed by atoms with E-state index in [1.807, 2.05) is 36.4 Å². The molecule has 0 saturated heterocycles. The van der Waals surface area contributed by atoms with Crippen molar-refractivity contribution in [3.8, 4) is 0 Å². The van der Waals surface area contributed by atoms with Gasteiger partial charge in [-0.05, 0) is 41.5 Å². The SMILES string of the molecule is CCSc1nc2ccc(N3C(=O)c4cccc5cccc(c45)C3=O)cc2s1. The molecule has 0 atom stereocenters. The van der Waals surface area contributed by atoms with Crippen LogP contribution in [0.2, 0.25) is 0 Å². The number of carbonyl (C=O) groups excluding carboxylic acids is 2. The monoisotopic (exact) mass is 390 g/mol. The zero-order chi connectivity index (χ0) is 18.5. The summed E-state index contributed by atoms with van der Waals surface area (Å²) in [6.45, 7) is 2.09. The van der Waals surface area contributed by atoms with Gasteiger partial charge >= 0.3 is 0 Å². The fourth-order valence-corrected chi connectivity index (χ4v) is 5.48. The molecule has 0 spiro atoms. The molecule has 0 bridgehead atoms. The molecular weight excluding hydrogens is 376 g/mol. The minimum Gasteiger partial charge on any atom is -0.268 e. The lowest BCUT2D eigenvalue weighted by molar-refractivity contribution is 0.0893. The van der Waals surface area contributed by atoms with E-state index in [4.69, 9.17) is 0 Å². The van der Waals surface area contributed by atoms with Gasteiger partial charge in [0.15, 0.2) is 4.34 Å². The molecule has 132 valence electrons. The van der Waals surface area contributed by atoms with Crippen LogP contribution in [0, 0.1) is 0 Å². The molecule has 0 radical (unpaired) electrons. The van der Waals surface area contributed by atoms with Crippen LogP contribution in [-0.4, -0.2) is 22.6 Å². The van der Waals surface area contributed by atoms with Crippen molar-refractivity contribution >= 4 is 61.6 Å². The highest BCUT2D eigenvalue weighted by atomic mass is 32.2. The van der Waals surface area contributed by atoms with Crippen molar-refractivity contribution in [1.29, 1.82) is 0 Å². The van der Waals surface area contributed by atoms with E-state index in [-0.39, 0.29) is 11.8 Å². The molecule has 0 N–H and O–H groups in total. The van der Waals surface area contributed by atoms with Crippen molar-refractivity contribution in [3.63, 3.8) is 0 Å². The lowest BCUT2D eigenvalue weighted by atomic mass is 9.94. The first-order valence-electron chi connectivity index (χ1n) is 8.61. The van der Waals surface area contributed by atoms with Gasteiger partial charge in [-0.2, -0.15) is 0 Å². The lowest BCUT2D eigenvalue weighted by Crippen LogP contribution is -2.40. The summed E-state index contributed by atoms with van der Waals surface area (Å²) in [7, 11) is 0. The summed E-state index contributed by atoms with van der Waals surface area (Å²) in [6, 6.07) is 16.7. The first kappa shape index (κ1) is 16.5. The third-order valence-electron chi connectivity index (χ3n) is 4.65. The average Bonchev–Trinajstić information content (AvgIpc) is 3.08. The van der Waals surface area contributed by atoms with E-state index in [0.717, 1.165) is 31.1 Å². The number of anilines is 1. The van der Waals surface area contributed by atoms with Crippen molar-refractivity contribution in [2.45, 2.75) is 11.3 Å². The molecule has 0 aliphatic carbocycles. The fourth-order valence-electron chi connectivity index (χ4n) is 3.48. The molecule has 0 unspecified atom stereocenters. The zero-order valence-corrected chi connectivity index (χ0v) is 16.1. The third kappa shape index (κ3) is 2.48. The van der Waals surface area contributed by atoms with Crippen LogP contribution in [0.4, 0.5) is 5.69 Å². The van der Waals surface area contributed by atoms with Gasteiger partial charge in [0, 0.05) is 16.5 Å². The summed E-state index contributed by atoms with van der Waals surface area (Å²) >= 11 is 3.28. The molecule has 1 aromatic heterocycles. The van der Waals surface area contributed by atoms with Crippen LogP contribution < -0.4 is 4.90 Å². The minimum atomic E-state index is -0.281. The van der Waals surface area contributed by atoms with E-state index >= 15 is 0 Å².